The number of anilines is 4. The quantitative estimate of drug-likeness (QED) is 0.312. The van der Waals surface area contributed by atoms with Crippen LogP contribution < -0.4 is 26.3 Å². The molecule has 11 heteroatoms. The number of rotatable bonds is 10. The molecule has 0 aliphatic carbocycles. The third-order valence-electron chi connectivity index (χ3n) is 4.40. The van der Waals surface area contributed by atoms with Crippen molar-refractivity contribution in [2.24, 2.45) is 5.41 Å². The summed E-state index contributed by atoms with van der Waals surface area (Å²) >= 11 is 0. The Morgan fingerprint density at radius 2 is 1.79 bits per heavy atom. The van der Waals surface area contributed by atoms with Gasteiger partial charge in [-0.15, -0.1) is 0 Å². The lowest BCUT2D eigenvalue weighted by Gasteiger charge is -2.27. The SMILES string of the molecule is CONC(=O)c1ccc(C)c(Nc2nc(NCCNC(C)=O)nc(N(C)CC(C)(C)C)n2)c1. The molecule has 2 rings (SSSR count). The molecule has 0 unspecified atom stereocenters. The van der Waals surface area contributed by atoms with Crippen LogP contribution in [0.25, 0.3) is 0 Å². The van der Waals surface area contributed by atoms with Crippen molar-refractivity contribution < 1.29 is 14.4 Å². The number of hydroxylamine groups is 1. The molecular formula is C22H34N8O3. The molecule has 0 saturated carbocycles. The van der Waals surface area contributed by atoms with Gasteiger partial charge in [-0.05, 0) is 30.0 Å². The molecule has 33 heavy (non-hydrogen) atoms. The summed E-state index contributed by atoms with van der Waals surface area (Å²) in [5.41, 5.74) is 4.36. The van der Waals surface area contributed by atoms with Gasteiger partial charge in [-0.2, -0.15) is 15.0 Å². The van der Waals surface area contributed by atoms with Crippen LogP contribution in [0.1, 0.15) is 43.6 Å². The van der Waals surface area contributed by atoms with E-state index in [2.05, 4.69) is 57.2 Å². The van der Waals surface area contributed by atoms with Gasteiger partial charge in [-0.3, -0.25) is 14.4 Å². The smallest absolute Gasteiger partial charge is 0.274 e. The molecule has 0 aliphatic heterocycles. The second-order valence-corrected chi connectivity index (χ2v) is 8.90. The molecule has 2 amide bonds. The molecule has 180 valence electrons. The fourth-order valence-electron chi connectivity index (χ4n) is 3.04. The second kappa shape index (κ2) is 11.4. The highest BCUT2D eigenvalue weighted by Gasteiger charge is 2.18. The van der Waals surface area contributed by atoms with Crippen molar-refractivity contribution in [2.75, 3.05) is 49.3 Å². The highest BCUT2D eigenvalue weighted by molar-refractivity contribution is 5.94. The summed E-state index contributed by atoms with van der Waals surface area (Å²) < 4.78 is 0. The Morgan fingerprint density at radius 1 is 1.09 bits per heavy atom. The van der Waals surface area contributed by atoms with Gasteiger partial charge in [0, 0.05) is 44.9 Å². The zero-order valence-corrected chi connectivity index (χ0v) is 20.4. The van der Waals surface area contributed by atoms with Crippen LogP contribution >= 0.6 is 0 Å². The summed E-state index contributed by atoms with van der Waals surface area (Å²) in [4.78, 5) is 43.5. The molecule has 1 heterocycles. The molecular weight excluding hydrogens is 424 g/mol. The third kappa shape index (κ3) is 8.53. The van der Waals surface area contributed by atoms with E-state index in [9.17, 15) is 9.59 Å². The highest BCUT2D eigenvalue weighted by Crippen LogP contribution is 2.23. The van der Waals surface area contributed by atoms with Gasteiger partial charge in [0.05, 0.1) is 7.11 Å². The Kier molecular flexibility index (Phi) is 8.92. The van der Waals surface area contributed by atoms with E-state index in [1.54, 1.807) is 12.1 Å². The number of aromatic nitrogens is 3. The van der Waals surface area contributed by atoms with E-state index in [1.807, 2.05) is 24.9 Å². The number of nitrogens with one attached hydrogen (secondary N) is 4. The molecule has 0 spiro atoms. The third-order valence-corrected chi connectivity index (χ3v) is 4.40. The van der Waals surface area contributed by atoms with Crippen LogP contribution in [0.4, 0.5) is 23.5 Å². The lowest BCUT2D eigenvalue weighted by atomic mass is 9.96. The average molecular weight is 459 g/mol. The van der Waals surface area contributed by atoms with Gasteiger partial charge >= 0.3 is 0 Å². The number of hydrogen-bond donors (Lipinski definition) is 4. The van der Waals surface area contributed by atoms with Crippen molar-refractivity contribution >= 4 is 35.3 Å². The minimum atomic E-state index is -0.359. The number of aryl methyl sites for hydroxylation is 1. The van der Waals surface area contributed by atoms with Gasteiger partial charge in [0.15, 0.2) is 0 Å². The van der Waals surface area contributed by atoms with Crippen molar-refractivity contribution in [1.29, 1.82) is 0 Å². The number of carbonyl (C=O) groups excluding carboxylic acids is 2. The maximum absolute atomic E-state index is 12.1. The Labute approximate surface area is 194 Å². The maximum Gasteiger partial charge on any atom is 0.274 e. The fraction of sp³-hybridized carbons (Fsp3) is 0.500. The minimum absolute atomic E-state index is 0.0353. The van der Waals surface area contributed by atoms with Gasteiger partial charge in [0.1, 0.15) is 0 Å². The summed E-state index contributed by atoms with van der Waals surface area (Å²) in [6.45, 7) is 11.4. The number of hydrogen-bond acceptors (Lipinski definition) is 9. The van der Waals surface area contributed by atoms with Crippen LogP contribution in [0.5, 0.6) is 0 Å². The number of carbonyl (C=O) groups is 2. The highest BCUT2D eigenvalue weighted by atomic mass is 16.6. The zero-order valence-electron chi connectivity index (χ0n) is 20.4. The zero-order chi connectivity index (χ0) is 24.6. The first-order chi connectivity index (χ1) is 15.5. The molecule has 0 radical (unpaired) electrons. The summed E-state index contributed by atoms with van der Waals surface area (Å²) in [5.74, 6) is 0.737. The van der Waals surface area contributed by atoms with Crippen LogP contribution in [-0.4, -0.2) is 60.6 Å². The van der Waals surface area contributed by atoms with Crippen molar-refractivity contribution in [3.8, 4) is 0 Å². The van der Waals surface area contributed by atoms with E-state index in [-0.39, 0.29) is 17.2 Å². The average Bonchev–Trinajstić information content (AvgIpc) is 2.71. The van der Waals surface area contributed by atoms with E-state index in [1.165, 1.54) is 14.0 Å². The second-order valence-electron chi connectivity index (χ2n) is 8.90. The van der Waals surface area contributed by atoms with Gasteiger partial charge in [0.25, 0.3) is 5.91 Å². The summed E-state index contributed by atoms with van der Waals surface area (Å²) in [5, 5.41) is 9.04. The minimum Gasteiger partial charge on any atom is -0.355 e. The van der Waals surface area contributed by atoms with Gasteiger partial charge in [0.2, 0.25) is 23.8 Å². The molecule has 1 aromatic carbocycles. The lowest BCUT2D eigenvalue weighted by Crippen LogP contribution is -2.31. The largest absolute Gasteiger partial charge is 0.355 e. The van der Waals surface area contributed by atoms with Crippen LogP contribution in [0.15, 0.2) is 18.2 Å². The van der Waals surface area contributed by atoms with Crippen molar-refractivity contribution in [3.63, 3.8) is 0 Å². The number of benzene rings is 1. The van der Waals surface area contributed by atoms with E-state index < -0.39 is 0 Å². The summed E-state index contributed by atoms with van der Waals surface area (Å²) in [7, 11) is 3.30. The first-order valence-corrected chi connectivity index (χ1v) is 10.6. The fourth-order valence-corrected chi connectivity index (χ4v) is 3.04. The Balaban J connectivity index is 2.33. The van der Waals surface area contributed by atoms with Crippen molar-refractivity contribution in [1.82, 2.24) is 25.7 Å². The molecule has 0 atom stereocenters. The van der Waals surface area contributed by atoms with E-state index >= 15 is 0 Å². The molecule has 0 aliphatic rings. The lowest BCUT2D eigenvalue weighted by molar-refractivity contribution is -0.118. The van der Waals surface area contributed by atoms with E-state index in [0.29, 0.717) is 42.2 Å². The first-order valence-electron chi connectivity index (χ1n) is 10.6. The predicted octanol–water partition coefficient (Wildman–Crippen LogP) is 2.25. The van der Waals surface area contributed by atoms with Crippen molar-refractivity contribution in [2.45, 2.75) is 34.6 Å². The first kappa shape index (κ1) is 25.8. The Hall–Kier alpha value is -3.47. The number of amides is 2. The molecule has 1 aromatic heterocycles. The monoisotopic (exact) mass is 458 g/mol. The molecule has 0 saturated heterocycles. The van der Waals surface area contributed by atoms with Crippen LogP contribution in [0, 0.1) is 12.3 Å². The maximum atomic E-state index is 12.1. The van der Waals surface area contributed by atoms with Crippen molar-refractivity contribution in [3.05, 3.63) is 29.3 Å². The molecule has 4 N–H and O–H groups in total. The van der Waals surface area contributed by atoms with Gasteiger partial charge < -0.3 is 20.9 Å². The molecule has 0 bridgehead atoms. The molecule has 0 fully saturated rings. The Morgan fingerprint density at radius 3 is 2.42 bits per heavy atom. The molecule has 11 nitrogen and oxygen atoms in total. The standard InChI is InChI=1S/C22H34N8O3/c1-14-8-9-16(18(32)29-33-7)12-17(14)25-20-26-19(24-11-10-23-15(2)31)27-21(28-20)30(6)13-22(3,4)5/h8-9,12H,10-11,13H2,1-7H3,(H,23,31)(H,29,32)(H2,24,25,26,27,28). The van der Waals surface area contributed by atoms with E-state index in [4.69, 9.17) is 4.84 Å². The van der Waals surface area contributed by atoms with Crippen LogP contribution in [0.3, 0.4) is 0 Å². The normalized spacial score (nSPS) is 11.0. The van der Waals surface area contributed by atoms with Gasteiger partial charge in [-0.1, -0.05) is 26.8 Å². The number of nitrogens with zero attached hydrogens (tertiary/aromatic N) is 4. The predicted molar refractivity (Wildman–Crippen MR) is 129 cm³/mol. The van der Waals surface area contributed by atoms with Crippen LogP contribution in [-0.2, 0) is 9.63 Å². The summed E-state index contributed by atoms with van der Waals surface area (Å²) in [6, 6.07) is 5.24. The van der Waals surface area contributed by atoms with E-state index in [0.717, 1.165) is 12.1 Å². The van der Waals surface area contributed by atoms with Gasteiger partial charge in [-0.25, -0.2) is 5.48 Å². The van der Waals surface area contributed by atoms with Crippen LogP contribution in [0.2, 0.25) is 0 Å². The molecule has 2 aromatic rings. The summed E-state index contributed by atoms with van der Waals surface area (Å²) in [6.07, 6.45) is 0. The Bertz CT molecular complexity index is 975. The topological polar surface area (TPSA) is 133 Å².